The lowest BCUT2D eigenvalue weighted by atomic mass is 9.97. The molecule has 1 amide bonds. The van der Waals surface area contributed by atoms with Crippen LogP contribution in [-0.4, -0.2) is 29.0 Å². The van der Waals surface area contributed by atoms with Crippen molar-refractivity contribution < 1.29 is 4.79 Å². The summed E-state index contributed by atoms with van der Waals surface area (Å²) in [5.74, 6) is 1.48. The molecule has 0 saturated carbocycles. The van der Waals surface area contributed by atoms with E-state index in [1.807, 2.05) is 18.2 Å². The van der Waals surface area contributed by atoms with E-state index in [0.717, 1.165) is 36.5 Å². The summed E-state index contributed by atoms with van der Waals surface area (Å²) in [6.45, 7) is 6.25. The summed E-state index contributed by atoms with van der Waals surface area (Å²) in [5, 5.41) is 6.36. The van der Waals surface area contributed by atoms with Crippen LogP contribution in [-0.2, 0) is 11.3 Å². The van der Waals surface area contributed by atoms with Crippen LogP contribution in [0.4, 0.5) is 17.5 Å². The van der Waals surface area contributed by atoms with Gasteiger partial charge in [0.1, 0.15) is 5.82 Å². The van der Waals surface area contributed by atoms with E-state index in [0.29, 0.717) is 19.0 Å². The maximum absolute atomic E-state index is 12.8. The highest BCUT2D eigenvalue weighted by molar-refractivity contribution is 5.79. The predicted molar refractivity (Wildman–Crippen MR) is 124 cm³/mol. The summed E-state index contributed by atoms with van der Waals surface area (Å²) >= 11 is 0. The SMILES string of the molecule is Cc1ccc(CNC(=O)[C@H]2CCCN(c3ccnc(Nc4ccc(C)cc4)n3)C2)cc1. The Morgan fingerprint density at radius 2 is 1.74 bits per heavy atom. The number of aromatic nitrogens is 2. The van der Waals surface area contributed by atoms with Gasteiger partial charge in [-0.3, -0.25) is 4.79 Å². The number of carbonyl (C=O) groups is 1. The standard InChI is InChI=1S/C25H29N5O/c1-18-5-9-20(10-6-18)16-27-24(31)21-4-3-15-30(17-21)23-13-14-26-25(29-23)28-22-11-7-19(2)8-12-22/h5-14,21H,3-4,15-17H2,1-2H3,(H,27,31)(H,26,28,29)/t21-/m0/s1. The van der Waals surface area contributed by atoms with Gasteiger partial charge in [0.05, 0.1) is 5.92 Å². The van der Waals surface area contributed by atoms with Crippen molar-refractivity contribution in [2.75, 3.05) is 23.3 Å². The Balaban J connectivity index is 1.37. The fourth-order valence-corrected chi connectivity index (χ4v) is 3.79. The zero-order chi connectivity index (χ0) is 21.6. The Bertz CT molecular complexity index is 1020. The van der Waals surface area contributed by atoms with E-state index in [1.165, 1.54) is 11.1 Å². The first-order valence-electron chi connectivity index (χ1n) is 10.8. The van der Waals surface area contributed by atoms with Gasteiger partial charge in [0, 0.05) is 31.5 Å². The van der Waals surface area contributed by atoms with Gasteiger partial charge < -0.3 is 15.5 Å². The second-order valence-corrected chi connectivity index (χ2v) is 8.22. The van der Waals surface area contributed by atoms with E-state index in [9.17, 15) is 4.79 Å². The average Bonchev–Trinajstić information content (AvgIpc) is 2.80. The molecule has 1 atom stereocenters. The van der Waals surface area contributed by atoms with Crippen LogP contribution in [0.1, 0.15) is 29.5 Å². The predicted octanol–water partition coefficient (Wildman–Crippen LogP) is 4.37. The quantitative estimate of drug-likeness (QED) is 0.626. The Morgan fingerprint density at radius 1 is 1.03 bits per heavy atom. The van der Waals surface area contributed by atoms with Crippen molar-refractivity contribution >= 4 is 23.4 Å². The molecule has 0 spiro atoms. The smallest absolute Gasteiger partial charge is 0.229 e. The minimum atomic E-state index is -0.0392. The van der Waals surface area contributed by atoms with Gasteiger partial charge in [0.25, 0.3) is 0 Å². The minimum absolute atomic E-state index is 0.0392. The molecule has 0 radical (unpaired) electrons. The zero-order valence-corrected chi connectivity index (χ0v) is 18.1. The van der Waals surface area contributed by atoms with Crippen molar-refractivity contribution in [3.63, 3.8) is 0 Å². The third-order valence-corrected chi connectivity index (χ3v) is 5.65. The van der Waals surface area contributed by atoms with E-state index in [1.54, 1.807) is 6.20 Å². The molecule has 2 heterocycles. The molecule has 0 aliphatic carbocycles. The number of aryl methyl sites for hydroxylation is 2. The van der Waals surface area contributed by atoms with Crippen LogP contribution in [0.5, 0.6) is 0 Å². The lowest BCUT2D eigenvalue weighted by Crippen LogP contribution is -2.43. The normalized spacial score (nSPS) is 16.1. The van der Waals surface area contributed by atoms with E-state index in [2.05, 4.69) is 75.7 Å². The number of anilines is 3. The second-order valence-electron chi connectivity index (χ2n) is 8.22. The Morgan fingerprint density at radius 3 is 2.48 bits per heavy atom. The van der Waals surface area contributed by atoms with Gasteiger partial charge in [-0.15, -0.1) is 0 Å². The van der Waals surface area contributed by atoms with Crippen LogP contribution < -0.4 is 15.5 Å². The molecule has 31 heavy (non-hydrogen) atoms. The molecule has 160 valence electrons. The van der Waals surface area contributed by atoms with Gasteiger partial charge in [-0.05, 0) is 50.5 Å². The molecule has 1 aliphatic heterocycles. The third-order valence-electron chi connectivity index (χ3n) is 5.65. The van der Waals surface area contributed by atoms with Crippen molar-refractivity contribution in [1.29, 1.82) is 0 Å². The number of nitrogens with one attached hydrogen (secondary N) is 2. The summed E-state index contributed by atoms with van der Waals surface area (Å²) in [6, 6.07) is 18.3. The molecule has 3 aromatic rings. The molecule has 1 saturated heterocycles. The number of amides is 1. The third kappa shape index (κ3) is 5.60. The molecule has 2 N–H and O–H groups in total. The molecule has 1 aromatic heterocycles. The summed E-state index contributed by atoms with van der Waals surface area (Å²) in [7, 11) is 0. The first kappa shape index (κ1) is 20.8. The fourth-order valence-electron chi connectivity index (χ4n) is 3.79. The van der Waals surface area contributed by atoms with Crippen molar-refractivity contribution in [2.45, 2.75) is 33.2 Å². The second kappa shape index (κ2) is 9.60. The van der Waals surface area contributed by atoms with Crippen LogP contribution in [0, 0.1) is 19.8 Å². The van der Waals surface area contributed by atoms with E-state index in [4.69, 9.17) is 0 Å². The molecule has 1 fully saturated rings. The Labute approximate surface area is 183 Å². The van der Waals surface area contributed by atoms with Crippen molar-refractivity contribution in [3.05, 3.63) is 77.5 Å². The molecular formula is C25H29N5O. The van der Waals surface area contributed by atoms with Crippen molar-refractivity contribution in [2.24, 2.45) is 5.92 Å². The molecular weight excluding hydrogens is 386 g/mol. The van der Waals surface area contributed by atoms with Crippen LogP contribution in [0.3, 0.4) is 0 Å². The molecule has 4 rings (SSSR count). The molecule has 6 nitrogen and oxygen atoms in total. The van der Waals surface area contributed by atoms with Crippen molar-refractivity contribution in [3.8, 4) is 0 Å². The summed E-state index contributed by atoms with van der Waals surface area (Å²) in [6.07, 6.45) is 3.63. The van der Waals surface area contributed by atoms with Gasteiger partial charge >= 0.3 is 0 Å². The Kier molecular flexibility index (Phi) is 6.46. The van der Waals surface area contributed by atoms with Crippen LogP contribution in [0.2, 0.25) is 0 Å². The first-order chi connectivity index (χ1) is 15.1. The van der Waals surface area contributed by atoms with Gasteiger partial charge in [0.2, 0.25) is 11.9 Å². The number of benzene rings is 2. The van der Waals surface area contributed by atoms with Gasteiger partial charge in [-0.2, -0.15) is 4.98 Å². The van der Waals surface area contributed by atoms with Crippen LogP contribution in [0.25, 0.3) is 0 Å². The van der Waals surface area contributed by atoms with E-state index < -0.39 is 0 Å². The number of hydrogen-bond donors (Lipinski definition) is 2. The molecule has 6 heteroatoms. The molecule has 1 aliphatic rings. The lowest BCUT2D eigenvalue weighted by molar-refractivity contribution is -0.125. The highest BCUT2D eigenvalue weighted by Gasteiger charge is 2.26. The van der Waals surface area contributed by atoms with Crippen LogP contribution in [0.15, 0.2) is 60.8 Å². The summed E-state index contributed by atoms with van der Waals surface area (Å²) in [4.78, 5) is 24.0. The first-order valence-corrected chi connectivity index (χ1v) is 10.8. The molecule has 0 bridgehead atoms. The minimum Gasteiger partial charge on any atom is -0.356 e. The monoisotopic (exact) mass is 415 g/mol. The van der Waals surface area contributed by atoms with E-state index in [-0.39, 0.29) is 11.8 Å². The molecule has 2 aromatic carbocycles. The Hall–Kier alpha value is -3.41. The van der Waals surface area contributed by atoms with Crippen molar-refractivity contribution in [1.82, 2.24) is 15.3 Å². The number of piperidine rings is 1. The number of hydrogen-bond acceptors (Lipinski definition) is 5. The number of nitrogens with zero attached hydrogens (tertiary/aromatic N) is 3. The maximum Gasteiger partial charge on any atom is 0.229 e. The fraction of sp³-hybridized carbons (Fsp3) is 0.320. The topological polar surface area (TPSA) is 70.2 Å². The number of rotatable bonds is 6. The highest BCUT2D eigenvalue weighted by Crippen LogP contribution is 2.23. The summed E-state index contributed by atoms with van der Waals surface area (Å²) in [5.41, 5.74) is 4.50. The zero-order valence-electron chi connectivity index (χ0n) is 18.1. The highest BCUT2D eigenvalue weighted by atomic mass is 16.1. The molecule has 0 unspecified atom stereocenters. The van der Waals surface area contributed by atoms with Gasteiger partial charge in [-0.25, -0.2) is 4.98 Å². The van der Waals surface area contributed by atoms with E-state index >= 15 is 0 Å². The van der Waals surface area contributed by atoms with Crippen LogP contribution >= 0.6 is 0 Å². The average molecular weight is 416 g/mol. The maximum atomic E-state index is 12.8. The largest absolute Gasteiger partial charge is 0.356 e. The lowest BCUT2D eigenvalue weighted by Gasteiger charge is -2.33. The summed E-state index contributed by atoms with van der Waals surface area (Å²) < 4.78 is 0. The van der Waals surface area contributed by atoms with Gasteiger partial charge in [-0.1, -0.05) is 47.5 Å². The van der Waals surface area contributed by atoms with Gasteiger partial charge in [0.15, 0.2) is 0 Å². The number of carbonyl (C=O) groups excluding carboxylic acids is 1.